The Morgan fingerprint density at radius 1 is 1.05 bits per heavy atom. The van der Waals surface area contributed by atoms with Gasteiger partial charge in [0.25, 0.3) is 0 Å². The third kappa shape index (κ3) is 3.12. The first kappa shape index (κ1) is 15.0. The number of piperidine rings is 1. The molecule has 1 aromatic heterocycles. The van der Waals surface area contributed by atoms with Gasteiger partial charge in [0.1, 0.15) is 0 Å². The fraction of sp³-hybridized carbons (Fsp3) is 0.444. The molecule has 0 saturated carbocycles. The largest absolute Gasteiger partial charge is 0.341 e. The topological polar surface area (TPSA) is 55.0 Å². The van der Waals surface area contributed by atoms with E-state index in [2.05, 4.69) is 48.0 Å². The van der Waals surface area contributed by atoms with Crippen LogP contribution in [-0.2, 0) is 0 Å². The molecule has 22 heavy (non-hydrogen) atoms. The van der Waals surface area contributed by atoms with Crippen molar-refractivity contribution in [2.24, 2.45) is 5.73 Å². The van der Waals surface area contributed by atoms with Crippen LogP contribution in [0, 0.1) is 20.8 Å². The van der Waals surface area contributed by atoms with Crippen LogP contribution < -0.4 is 10.6 Å². The molecule has 1 aliphatic heterocycles. The van der Waals surface area contributed by atoms with Gasteiger partial charge in [0.05, 0.1) is 5.69 Å². The summed E-state index contributed by atoms with van der Waals surface area (Å²) in [6, 6.07) is 8.88. The summed E-state index contributed by atoms with van der Waals surface area (Å²) in [5.41, 5.74) is 11.7. The average Bonchev–Trinajstić information content (AvgIpc) is 2.47. The van der Waals surface area contributed by atoms with E-state index in [0.29, 0.717) is 6.04 Å². The molecule has 4 heteroatoms. The summed E-state index contributed by atoms with van der Waals surface area (Å²) >= 11 is 0. The van der Waals surface area contributed by atoms with E-state index in [1.165, 1.54) is 16.7 Å². The van der Waals surface area contributed by atoms with Crippen LogP contribution >= 0.6 is 0 Å². The second-order valence-electron chi connectivity index (χ2n) is 6.34. The van der Waals surface area contributed by atoms with Crippen molar-refractivity contribution >= 4 is 5.95 Å². The standard InChI is InChI=1S/C18H24N4/c1-12-4-5-16(13(2)10-12)17-11-14(3)20-18(21-17)22-8-6-15(19)7-9-22/h4-5,10-11,15H,6-9,19H2,1-3H3. The van der Waals surface area contributed by atoms with Gasteiger partial charge in [-0.3, -0.25) is 0 Å². The quantitative estimate of drug-likeness (QED) is 0.925. The van der Waals surface area contributed by atoms with Crippen molar-refractivity contribution in [2.75, 3.05) is 18.0 Å². The molecule has 0 atom stereocenters. The predicted octanol–water partition coefficient (Wildman–Crippen LogP) is 3.00. The molecule has 0 radical (unpaired) electrons. The van der Waals surface area contributed by atoms with Gasteiger partial charge in [0.15, 0.2) is 0 Å². The fourth-order valence-electron chi connectivity index (χ4n) is 3.03. The normalized spacial score (nSPS) is 16.1. The molecule has 4 nitrogen and oxygen atoms in total. The van der Waals surface area contributed by atoms with Gasteiger partial charge in [-0.2, -0.15) is 0 Å². The number of hydrogen-bond acceptors (Lipinski definition) is 4. The van der Waals surface area contributed by atoms with E-state index in [-0.39, 0.29) is 0 Å². The summed E-state index contributed by atoms with van der Waals surface area (Å²) in [5.74, 6) is 0.835. The number of aryl methyl sites for hydroxylation is 3. The van der Waals surface area contributed by atoms with Crippen LogP contribution in [0.5, 0.6) is 0 Å². The molecule has 1 aliphatic rings. The number of nitrogens with two attached hydrogens (primary N) is 1. The van der Waals surface area contributed by atoms with Gasteiger partial charge >= 0.3 is 0 Å². The lowest BCUT2D eigenvalue weighted by atomic mass is 10.0. The van der Waals surface area contributed by atoms with Crippen molar-refractivity contribution in [3.63, 3.8) is 0 Å². The van der Waals surface area contributed by atoms with Crippen molar-refractivity contribution in [1.29, 1.82) is 0 Å². The zero-order valence-electron chi connectivity index (χ0n) is 13.6. The van der Waals surface area contributed by atoms with Crippen molar-refractivity contribution in [3.8, 4) is 11.3 Å². The van der Waals surface area contributed by atoms with Crippen molar-refractivity contribution in [2.45, 2.75) is 39.7 Å². The van der Waals surface area contributed by atoms with Gasteiger partial charge < -0.3 is 10.6 Å². The van der Waals surface area contributed by atoms with Crippen LogP contribution in [0.1, 0.15) is 29.7 Å². The van der Waals surface area contributed by atoms with Crippen molar-refractivity contribution < 1.29 is 0 Å². The molecule has 2 aromatic rings. The lowest BCUT2D eigenvalue weighted by Crippen LogP contribution is -2.40. The SMILES string of the molecule is Cc1ccc(-c2cc(C)nc(N3CCC(N)CC3)n2)c(C)c1. The van der Waals surface area contributed by atoms with E-state index in [1.807, 2.05) is 6.92 Å². The van der Waals surface area contributed by atoms with Crippen molar-refractivity contribution in [1.82, 2.24) is 9.97 Å². The van der Waals surface area contributed by atoms with Crippen LogP contribution in [0.4, 0.5) is 5.95 Å². The Labute approximate surface area is 132 Å². The molecule has 2 N–H and O–H groups in total. The zero-order chi connectivity index (χ0) is 15.7. The third-order valence-electron chi connectivity index (χ3n) is 4.32. The number of anilines is 1. The molecule has 3 rings (SSSR count). The Kier molecular flexibility index (Phi) is 4.12. The Morgan fingerprint density at radius 3 is 2.45 bits per heavy atom. The minimum Gasteiger partial charge on any atom is -0.341 e. The monoisotopic (exact) mass is 296 g/mol. The summed E-state index contributed by atoms with van der Waals surface area (Å²) in [6.45, 7) is 8.17. The van der Waals surface area contributed by atoms with Crippen LogP contribution in [0.3, 0.4) is 0 Å². The summed E-state index contributed by atoms with van der Waals surface area (Å²) < 4.78 is 0. The van der Waals surface area contributed by atoms with Crippen LogP contribution in [0.25, 0.3) is 11.3 Å². The molecule has 1 aromatic carbocycles. The minimum absolute atomic E-state index is 0.319. The van der Waals surface area contributed by atoms with E-state index in [9.17, 15) is 0 Å². The van der Waals surface area contributed by atoms with Crippen LogP contribution in [-0.4, -0.2) is 29.1 Å². The van der Waals surface area contributed by atoms with Gasteiger partial charge in [0.2, 0.25) is 5.95 Å². The summed E-state index contributed by atoms with van der Waals surface area (Å²) in [4.78, 5) is 11.7. The maximum atomic E-state index is 5.99. The van der Waals surface area contributed by atoms with E-state index < -0.39 is 0 Å². The number of nitrogens with zero attached hydrogens (tertiary/aromatic N) is 3. The molecule has 0 unspecified atom stereocenters. The number of hydrogen-bond donors (Lipinski definition) is 1. The second-order valence-corrected chi connectivity index (χ2v) is 6.34. The first-order valence-electron chi connectivity index (χ1n) is 7.97. The van der Waals surface area contributed by atoms with Gasteiger partial charge in [-0.05, 0) is 45.2 Å². The first-order valence-corrected chi connectivity index (χ1v) is 7.97. The Hall–Kier alpha value is -1.94. The molecule has 0 spiro atoms. The molecular formula is C18H24N4. The fourth-order valence-corrected chi connectivity index (χ4v) is 3.03. The highest BCUT2D eigenvalue weighted by molar-refractivity contribution is 5.65. The van der Waals surface area contributed by atoms with E-state index >= 15 is 0 Å². The van der Waals surface area contributed by atoms with E-state index in [0.717, 1.165) is 43.3 Å². The Morgan fingerprint density at radius 2 is 1.77 bits per heavy atom. The molecule has 0 bridgehead atoms. The van der Waals surface area contributed by atoms with Gasteiger partial charge in [-0.1, -0.05) is 23.8 Å². The highest BCUT2D eigenvalue weighted by Crippen LogP contribution is 2.25. The highest BCUT2D eigenvalue weighted by atomic mass is 15.3. The van der Waals surface area contributed by atoms with Gasteiger partial charge in [-0.25, -0.2) is 9.97 Å². The molecule has 0 aliphatic carbocycles. The maximum Gasteiger partial charge on any atom is 0.226 e. The lowest BCUT2D eigenvalue weighted by Gasteiger charge is -2.30. The third-order valence-corrected chi connectivity index (χ3v) is 4.32. The molecule has 116 valence electrons. The molecular weight excluding hydrogens is 272 g/mol. The Bertz CT molecular complexity index is 673. The minimum atomic E-state index is 0.319. The van der Waals surface area contributed by atoms with Crippen molar-refractivity contribution in [3.05, 3.63) is 41.1 Å². The van der Waals surface area contributed by atoms with Gasteiger partial charge in [-0.15, -0.1) is 0 Å². The van der Waals surface area contributed by atoms with Gasteiger partial charge in [0, 0.05) is 30.4 Å². The second kappa shape index (κ2) is 6.05. The molecule has 0 amide bonds. The average molecular weight is 296 g/mol. The first-order chi connectivity index (χ1) is 10.5. The summed E-state index contributed by atoms with van der Waals surface area (Å²) in [7, 11) is 0. The molecule has 2 heterocycles. The molecule has 1 fully saturated rings. The van der Waals surface area contributed by atoms with Crippen LogP contribution in [0.2, 0.25) is 0 Å². The number of aromatic nitrogens is 2. The zero-order valence-corrected chi connectivity index (χ0v) is 13.6. The number of benzene rings is 1. The van der Waals surface area contributed by atoms with E-state index in [1.54, 1.807) is 0 Å². The summed E-state index contributed by atoms with van der Waals surface area (Å²) in [5, 5.41) is 0. The van der Waals surface area contributed by atoms with E-state index in [4.69, 9.17) is 10.7 Å². The predicted molar refractivity (Wildman–Crippen MR) is 91.1 cm³/mol. The lowest BCUT2D eigenvalue weighted by molar-refractivity contribution is 0.495. The van der Waals surface area contributed by atoms with Crippen LogP contribution in [0.15, 0.2) is 24.3 Å². The molecule has 1 saturated heterocycles. The summed E-state index contributed by atoms with van der Waals surface area (Å²) in [6.07, 6.45) is 2.02. The number of rotatable bonds is 2. The highest BCUT2D eigenvalue weighted by Gasteiger charge is 2.19. The Balaban J connectivity index is 1.96. The smallest absolute Gasteiger partial charge is 0.226 e. The maximum absolute atomic E-state index is 5.99.